The van der Waals surface area contributed by atoms with E-state index in [0.717, 1.165) is 0 Å². The molecule has 14 heavy (non-hydrogen) atoms. The maximum absolute atomic E-state index is 11.9. The van der Waals surface area contributed by atoms with Crippen LogP contribution in [0.4, 0.5) is 8.78 Å². The molecule has 0 aliphatic heterocycles. The molecule has 0 unspecified atom stereocenters. The summed E-state index contributed by atoms with van der Waals surface area (Å²) in [5.74, 6) is -2.42. The molecule has 0 amide bonds. The van der Waals surface area contributed by atoms with Gasteiger partial charge in [-0.25, -0.2) is 0 Å². The third-order valence-corrected chi connectivity index (χ3v) is 2.44. The zero-order chi connectivity index (χ0) is 10.6. The smallest absolute Gasteiger partial charge is 0.288 e. The minimum atomic E-state index is -2.42. The van der Waals surface area contributed by atoms with Gasteiger partial charge in [-0.05, 0) is 17.7 Å². The minimum Gasteiger partial charge on any atom is -0.387 e. The van der Waals surface area contributed by atoms with Crippen molar-refractivity contribution >= 4 is 11.8 Å². The van der Waals surface area contributed by atoms with E-state index >= 15 is 0 Å². The number of thioether (sulfide) groups is 1. The molecular weight excluding hydrogens is 208 g/mol. The molecule has 0 aliphatic carbocycles. The molecule has 0 spiro atoms. The summed E-state index contributed by atoms with van der Waals surface area (Å²) in [6, 6.07) is 6.29. The number of nitrogens with two attached hydrogens (primary N) is 1. The molecule has 0 aromatic heterocycles. The van der Waals surface area contributed by atoms with E-state index in [0.29, 0.717) is 22.2 Å². The number of aliphatic hydroxyl groups is 1. The van der Waals surface area contributed by atoms with Crippen molar-refractivity contribution in [2.75, 3.05) is 6.54 Å². The van der Waals surface area contributed by atoms with E-state index in [9.17, 15) is 13.9 Å². The van der Waals surface area contributed by atoms with Gasteiger partial charge in [0.25, 0.3) is 5.76 Å². The number of rotatable bonds is 4. The van der Waals surface area contributed by atoms with Crippen molar-refractivity contribution in [2.24, 2.45) is 5.73 Å². The molecular formula is C9H11F2NOS. The summed E-state index contributed by atoms with van der Waals surface area (Å²) in [5.41, 5.74) is 5.89. The lowest BCUT2D eigenvalue weighted by Gasteiger charge is -2.08. The summed E-state index contributed by atoms with van der Waals surface area (Å²) in [4.78, 5) is 0.480. The monoisotopic (exact) mass is 219 g/mol. The second-order valence-corrected chi connectivity index (χ2v) is 3.76. The van der Waals surface area contributed by atoms with E-state index in [1.165, 1.54) is 0 Å². The molecule has 78 valence electrons. The molecule has 5 heteroatoms. The van der Waals surface area contributed by atoms with Gasteiger partial charge >= 0.3 is 0 Å². The topological polar surface area (TPSA) is 46.2 Å². The molecule has 0 radical (unpaired) electrons. The van der Waals surface area contributed by atoms with E-state index in [-0.39, 0.29) is 6.54 Å². The van der Waals surface area contributed by atoms with Gasteiger partial charge in [-0.2, -0.15) is 8.78 Å². The maximum Gasteiger partial charge on any atom is 0.288 e. The van der Waals surface area contributed by atoms with Crippen LogP contribution in [-0.4, -0.2) is 17.4 Å². The SMILES string of the molecule is NC[C@H](O)c1ccc(SC(F)F)cc1. The summed E-state index contributed by atoms with van der Waals surface area (Å²) in [6.07, 6.45) is -0.722. The molecule has 3 N–H and O–H groups in total. The van der Waals surface area contributed by atoms with Crippen LogP contribution in [0.5, 0.6) is 0 Å². The van der Waals surface area contributed by atoms with Crippen LogP contribution in [0, 0.1) is 0 Å². The van der Waals surface area contributed by atoms with Crippen molar-refractivity contribution in [2.45, 2.75) is 16.8 Å². The predicted octanol–water partition coefficient (Wildman–Crippen LogP) is 1.99. The Balaban J connectivity index is 2.68. The summed E-state index contributed by atoms with van der Waals surface area (Å²) in [7, 11) is 0. The van der Waals surface area contributed by atoms with Crippen molar-refractivity contribution < 1.29 is 13.9 Å². The first kappa shape index (κ1) is 11.4. The lowest BCUT2D eigenvalue weighted by Crippen LogP contribution is -2.11. The molecule has 1 aromatic rings. The van der Waals surface area contributed by atoms with Crippen LogP contribution < -0.4 is 5.73 Å². The fourth-order valence-corrected chi connectivity index (χ4v) is 1.51. The third-order valence-electron chi connectivity index (χ3n) is 1.71. The minimum absolute atomic E-state index is 0.126. The van der Waals surface area contributed by atoms with Crippen molar-refractivity contribution in [3.63, 3.8) is 0 Å². The van der Waals surface area contributed by atoms with E-state index < -0.39 is 11.9 Å². The average molecular weight is 219 g/mol. The molecule has 0 bridgehead atoms. The average Bonchev–Trinajstić information content (AvgIpc) is 2.17. The number of alkyl halides is 2. The molecule has 2 nitrogen and oxygen atoms in total. The number of hydrogen-bond acceptors (Lipinski definition) is 3. The van der Waals surface area contributed by atoms with Crippen molar-refractivity contribution in [1.82, 2.24) is 0 Å². The number of aliphatic hydroxyl groups excluding tert-OH is 1. The first-order valence-corrected chi connectivity index (χ1v) is 4.94. The van der Waals surface area contributed by atoms with Crippen LogP contribution in [0.2, 0.25) is 0 Å². The van der Waals surface area contributed by atoms with Crippen LogP contribution in [0.15, 0.2) is 29.2 Å². The molecule has 1 rings (SSSR count). The van der Waals surface area contributed by atoms with Crippen molar-refractivity contribution in [1.29, 1.82) is 0 Å². The van der Waals surface area contributed by atoms with Gasteiger partial charge < -0.3 is 10.8 Å². The Morgan fingerprint density at radius 3 is 2.29 bits per heavy atom. The lowest BCUT2D eigenvalue weighted by atomic mass is 10.1. The van der Waals surface area contributed by atoms with Crippen LogP contribution in [0.1, 0.15) is 11.7 Å². The Hall–Kier alpha value is -0.650. The molecule has 0 heterocycles. The summed E-state index contributed by atoms with van der Waals surface area (Å²) in [6.45, 7) is 0.126. The Bertz CT molecular complexity index is 279. The first-order chi connectivity index (χ1) is 6.63. The maximum atomic E-state index is 11.9. The highest BCUT2D eigenvalue weighted by atomic mass is 32.2. The van der Waals surface area contributed by atoms with E-state index in [4.69, 9.17) is 5.73 Å². The Morgan fingerprint density at radius 2 is 1.86 bits per heavy atom. The van der Waals surface area contributed by atoms with Crippen LogP contribution in [0.25, 0.3) is 0 Å². The van der Waals surface area contributed by atoms with Gasteiger partial charge in [0.15, 0.2) is 0 Å². The Kier molecular flexibility index (Phi) is 4.31. The predicted molar refractivity (Wildman–Crippen MR) is 52.3 cm³/mol. The second-order valence-electron chi connectivity index (χ2n) is 2.70. The van der Waals surface area contributed by atoms with Crippen LogP contribution in [0.3, 0.4) is 0 Å². The molecule has 1 atom stereocenters. The number of halogens is 2. The molecule has 0 saturated heterocycles. The summed E-state index contributed by atoms with van der Waals surface area (Å²) < 4.78 is 23.9. The number of hydrogen-bond donors (Lipinski definition) is 2. The van der Waals surface area contributed by atoms with Crippen LogP contribution >= 0.6 is 11.8 Å². The summed E-state index contributed by atoms with van der Waals surface area (Å²) in [5, 5.41) is 9.32. The zero-order valence-electron chi connectivity index (χ0n) is 7.36. The second kappa shape index (κ2) is 5.29. The lowest BCUT2D eigenvalue weighted by molar-refractivity contribution is 0.186. The molecule has 1 aromatic carbocycles. The van der Waals surface area contributed by atoms with Gasteiger partial charge in [0.2, 0.25) is 0 Å². The van der Waals surface area contributed by atoms with Gasteiger partial charge in [-0.1, -0.05) is 23.9 Å². The van der Waals surface area contributed by atoms with E-state index in [1.54, 1.807) is 24.3 Å². The third kappa shape index (κ3) is 3.25. The van der Waals surface area contributed by atoms with Gasteiger partial charge in [-0.3, -0.25) is 0 Å². The van der Waals surface area contributed by atoms with Crippen molar-refractivity contribution in [3.8, 4) is 0 Å². The quantitative estimate of drug-likeness (QED) is 0.761. The first-order valence-electron chi connectivity index (χ1n) is 4.06. The largest absolute Gasteiger partial charge is 0.387 e. The number of benzene rings is 1. The van der Waals surface area contributed by atoms with Crippen molar-refractivity contribution in [3.05, 3.63) is 29.8 Å². The standard InChI is InChI=1S/C9H11F2NOS/c10-9(11)14-7-3-1-6(2-4-7)8(13)5-12/h1-4,8-9,13H,5,12H2/t8-/m0/s1. The fraction of sp³-hybridized carbons (Fsp3) is 0.333. The van der Waals surface area contributed by atoms with Crippen LogP contribution in [-0.2, 0) is 0 Å². The van der Waals surface area contributed by atoms with E-state index in [2.05, 4.69) is 0 Å². The van der Waals surface area contributed by atoms with E-state index in [1.807, 2.05) is 0 Å². The summed E-state index contributed by atoms with van der Waals surface area (Å²) >= 11 is 0.480. The molecule has 0 fully saturated rings. The highest BCUT2D eigenvalue weighted by Crippen LogP contribution is 2.26. The van der Waals surface area contributed by atoms with Gasteiger partial charge in [0.1, 0.15) is 0 Å². The Labute approximate surface area is 85.1 Å². The fourth-order valence-electron chi connectivity index (χ4n) is 1.01. The molecule has 0 saturated carbocycles. The zero-order valence-corrected chi connectivity index (χ0v) is 8.18. The molecule has 0 aliphatic rings. The highest BCUT2D eigenvalue weighted by Gasteiger charge is 2.07. The van der Waals surface area contributed by atoms with Gasteiger partial charge in [0.05, 0.1) is 6.10 Å². The Morgan fingerprint density at radius 1 is 1.29 bits per heavy atom. The normalized spacial score (nSPS) is 13.2. The van der Waals surface area contributed by atoms with Gasteiger partial charge in [0, 0.05) is 11.4 Å². The highest BCUT2D eigenvalue weighted by molar-refractivity contribution is 7.99. The van der Waals surface area contributed by atoms with Gasteiger partial charge in [-0.15, -0.1) is 0 Å².